The van der Waals surface area contributed by atoms with Crippen LogP contribution in [0.1, 0.15) is 24.1 Å². The van der Waals surface area contributed by atoms with E-state index < -0.39 is 0 Å². The van der Waals surface area contributed by atoms with Crippen molar-refractivity contribution in [3.8, 4) is 11.5 Å². The minimum absolute atomic E-state index is 0.0507. The fourth-order valence-corrected chi connectivity index (χ4v) is 2.64. The Hall–Kier alpha value is -2.53. The van der Waals surface area contributed by atoms with Crippen molar-refractivity contribution in [2.75, 3.05) is 24.7 Å². The van der Waals surface area contributed by atoms with Gasteiger partial charge < -0.3 is 20.1 Å². The van der Waals surface area contributed by atoms with Crippen molar-refractivity contribution in [1.82, 2.24) is 0 Å². The van der Waals surface area contributed by atoms with Crippen LogP contribution in [0, 0.1) is 6.92 Å². The van der Waals surface area contributed by atoms with Crippen molar-refractivity contribution in [3.63, 3.8) is 0 Å². The third-order valence-corrected chi connectivity index (χ3v) is 4.06. The van der Waals surface area contributed by atoms with Crippen molar-refractivity contribution >= 4 is 11.6 Å². The first-order valence-electron chi connectivity index (χ1n) is 8.07. The molecule has 5 nitrogen and oxygen atoms in total. The van der Waals surface area contributed by atoms with Crippen LogP contribution in [0.2, 0.25) is 0 Å². The van der Waals surface area contributed by atoms with Crippen LogP contribution in [0.25, 0.3) is 0 Å². The van der Waals surface area contributed by atoms with Crippen LogP contribution in [0.15, 0.2) is 42.5 Å². The second kappa shape index (κ2) is 6.93. The number of aryl methyl sites for hydroxylation is 1. The zero-order chi connectivity index (χ0) is 17.1. The lowest BCUT2D eigenvalue weighted by Gasteiger charge is -2.30. The van der Waals surface area contributed by atoms with Gasteiger partial charge in [-0.2, -0.15) is 0 Å². The molecule has 3 rings (SSSR count). The lowest BCUT2D eigenvalue weighted by molar-refractivity contribution is -0.121. The van der Waals surface area contributed by atoms with Gasteiger partial charge in [0, 0.05) is 6.04 Å². The lowest BCUT2D eigenvalue weighted by Crippen LogP contribution is -2.41. The average Bonchev–Trinajstić information content (AvgIpc) is 2.58. The van der Waals surface area contributed by atoms with E-state index in [1.807, 2.05) is 56.3 Å². The van der Waals surface area contributed by atoms with E-state index in [1.54, 1.807) is 4.90 Å². The minimum atomic E-state index is -0.0991. The molecule has 0 spiro atoms. The number of hydrogen-bond donors (Lipinski definition) is 1. The Morgan fingerprint density at radius 2 is 2.00 bits per heavy atom. The highest BCUT2D eigenvalue weighted by Crippen LogP contribution is 2.34. The summed E-state index contributed by atoms with van der Waals surface area (Å²) < 4.78 is 11.3. The molecule has 1 heterocycles. The fraction of sp³-hybridized carbons (Fsp3) is 0.316. The summed E-state index contributed by atoms with van der Waals surface area (Å²) >= 11 is 0. The topological polar surface area (TPSA) is 64.8 Å². The third-order valence-electron chi connectivity index (χ3n) is 4.06. The predicted octanol–water partition coefficient (Wildman–Crippen LogP) is 2.82. The zero-order valence-electron chi connectivity index (χ0n) is 14.0. The molecule has 0 radical (unpaired) electrons. The number of hydrogen-bond acceptors (Lipinski definition) is 4. The van der Waals surface area contributed by atoms with Crippen LogP contribution >= 0.6 is 0 Å². The Balaban J connectivity index is 1.72. The molecule has 2 aromatic carbocycles. The number of carbonyl (C=O) groups excluding carboxylic acids is 1. The first-order valence-corrected chi connectivity index (χ1v) is 8.07. The zero-order valence-corrected chi connectivity index (χ0v) is 14.0. The molecule has 1 atom stereocenters. The number of rotatable bonds is 5. The van der Waals surface area contributed by atoms with Crippen LogP contribution in [-0.4, -0.2) is 25.7 Å². The Labute approximate surface area is 142 Å². The molecule has 0 saturated heterocycles. The molecule has 126 valence electrons. The molecular weight excluding hydrogens is 304 g/mol. The van der Waals surface area contributed by atoms with E-state index in [-0.39, 0.29) is 18.6 Å². The number of anilines is 1. The number of nitrogens with zero attached hydrogens (tertiary/aromatic N) is 1. The molecule has 0 aromatic heterocycles. The van der Waals surface area contributed by atoms with Gasteiger partial charge in [-0.3, -0.25) is 4.79 Å². The fourth-order valence-electron chi connectivity index (χ4n) is 2.64. The molecule has 5 heteroatoms. The Kier molecular flexibility index (Phi) is 4.71. The van der Waals surface area contributed by atoms with E-state index in [2.05, 4.69) is 0 Å². The third kappa shape index (κ3) is 3.51. The Morgan fingerprint density at radius 3 is 2.71 bits per heavy atom. The molecule has 1 aliphatic heterocycles. The van der Waals surface area contributed by atoms with Gasteiger partial charge in [0.2, 0.25) is 0 Å². The Bertz CT molecular complexity index is 726. The van der Waals surface area contributed by atoms with Gasteiger partial charge in [-0.15, -0.1) is 0 Å². The van der Waals surface area contributed by atoms with Crippen LogP contribution in [0.4, 0.5) is 5.69 Å². The molecule has 24 heavy (non-hydrogen) atoms. The molecule has 2 N–H and O–H groups in total. The van der Waals surface area contributed by atoms with Crippen LogP contribution in [0.5, 0.6) is 11.5 Å². The van der Waals surface area contributed by atoms with Crippen molar-refractivity contribution in [3.05, 3.63) is 53.6 Å². The van der Waals surface area contributed by atoms with Gasteiger partial charge in [0.05, 0.1) is 12.2 Å². The van der Waals surface area contributed by atoms with E-state index in [1.165, 1.54) is 5.56 Å². The lowest BCUT2D eigenvalue weighted by atomic mass is 10.1. The maximum Gasteiger partial charge on any atom is 0.265 e. The molecule has 0 saturated carbocycles. The molecule has 0 bridgehead atoms. The quantitative estimate of drug-likeness (QED) is 0.917. The number of ether oxygens (including phenoxy) is 2. The summed E-state index contributed by atoms with van der Waals surface area (Å²) in [6.45, 7) is 4.87. The number of nitrogens with two attached hydrogens (primary N) is 1. The highest BCUT2D eigenvalue weighted by Gasteiger charge is 2.26. The summed E-state index contributed by atoms with van der Waals surface area (Å²) in [5, 5.41) is 0. The first-order chi connectivity index (χ1) is 11.5. The van der Waals surface area contributed by atoms with Gasteiger partial charge in [0.1, 0.15) is 18.1 Å². The summed E-state index contributed by atoms with van der Waals surface area (Å²) in [5.41, 5.74) is 8.86. The number of amides is 1. The molecular formula is C19H22N2O3. The van der Waals surface area contributed by atoms with E-state index in [0.29, 0.717) is 18.9 Å². The Morgan fingerprint density at radius 1 is 1.25 bits per heavy atom. The maximum absolute atomic E-state index is 12.2. The van der Waals surface area contributed by atoms with E-state index in [4.69, 9.17) is 15.2 Å². The highest BCUT2D eigenvalue weighted by atomic mass is 16.5. The largest absolute Gasteiger partial charge is 0.492 e. The van der Waals surface area contributed by atoms with Gasteiger partial charge in [-0.25, -0.2) is 0 Å². The molecule has 1 aliphatic rings. The van der Waals surface area contributed by atoms with Crippen LogP contribution in [-0.2, 0) is 4.79 Å². The van der Waals surface area contributed by atoms with Crippen molar-refractivity contribution in [2.45, 2.75) is 19.9 Å². The van der Waals surface area contributed by atoms with Crippen LogP contribution in [0.3, 0.4) is 0 Å². The van der Waals surface area contributed by atoms with Crippen LogP contribution < -0.4 is 20.1 Å². The summed E-state index contributed by atoms with van der Waals surface area (Å²) in [5.74, 6) is 1.43. The molecule has 1 amide bonds. The van der Waals surface area contributed by atoms with Gasteiger partial charge in [-0.1, -0.05) is 23.8 Å². The summed E-state index contributed by atoms with van der Waals surface area (Å²) in [7, 11) is 0. The predicted molar refractivity (Wildman–Crippen MR) is 93.6 cm³/mol. The highest BCUT2D eigenvalue weighted by molar-refractivity contribution is 5.97. The van der Waals surface area contributed by atoms with Crippen molar-refractivity contribution in [1.29, 1.82) is 0 Å². The van der Waals surface area contributed by atoms with Gasteiger partial charge in [0.15, 0.2) is 6.61 Å². The standard InChI is InChI=1S/C19H22N2O3/c1-13-3-6-16(7-4-13)23-10-9-21-17-11-15(14(2)20)5-8-18(17)24-12-19(21)22/h3-8,11,14H,9-10,12,20H2,1-2H3. The summed E-state index contributed by atoms with van der Waals surface area (Å²) in [6.07, 6.45) is 0. The van der Waals surface area contributed by atoms with E-state index in [9.17, 15) is 4.79 Å². The second-order valence-electron chi connectivity index (χ2n) is 6.01. The molecule has 0 fully saturated rings. The minimum Gasteiger partial charge on any atom is -0.492 e. The maximum atomic E-state index is 12.2. The van der Waals surface area contributed by atoms with Gasteiger partial charge >= 0.3 is 0 Å². The van der Waals surface area contributed by atoms with Gasteiger partial charge in [-0.05, 0) is 43.7 Å². The number of benzene rings is 2. The molecule has 1 unspecified atom stereocenters. The number of fused-ring (bicyclic) bond motifs is 1. The van der Waals surface area contributed by atoms with Crippen molar-refractivity contribution in [2.24, 2.45) is 5.73 Å². The normalized spacial score (nSPS) is 14.8. The molecule has 2 aromatic rings. The van der Waals surface area contributed by atoms with Crippen molar-refractivity contribution < 1.29 is 14.3 Å². The monoisotopic (exact) mass is 326 g/mol. The average molecular weight is 326 g/mol. The number of carbonyl (C=O) groups is 1. The smallest absolute Gasteiger partial charge is 0.265 e. The first kappa shape index (κ1) is 16.3. The van der Waals surface area contributed by atoms with E-state index in [0.717, 1.165) is 17.0 Å². The SMILES string of the molecule is Cc1ccc(OCCN2C(=O)COc3ccc(C(C)N)cc32)cc1. The van der Waals surface area contributed by atoms with E-state index >= 15 is 0 Å². The molecule has 0 aliphatic carbocycles. The summed E-state index contributed by atoms with van der Waals surface area (Å²) in [4.78, 5) is 13.9. The van der Waals surface area contributed by atoms with Gasteiger partial charge in [0.25, 0.3) is 5.91 Å². The summed E-state index contributed by atoms with van der Waals surface area (Å²) in [6, 6.07) is 13.5. The second-order valence-corrected chi connectivity index (χ2v) is 6.01.